The minimum atomic E-state index is -3.08. The van der Waals surface area contributed by atoms with Gasteiger partial charge in [-0.15, -0.1) is 24.0 Å². The second-order valence-corrected chi connectivity index (χ2v) is 10.4. The second-order valence-electron chi connectivity index (χ2n) is 8.10. The molecule has 1 saturated heterocycles. The van der Waals surface area contributed by atoms with Crippen LogP contribution in [-0.2, 0) is 14.8 Å². The van der Waals surface area contributed by atoms with Gasteiger partial charge in [0.1, 0.15) is 0 Å². The van der Waals surface area contributed by atoms with Crippen LogP contribution in [0.5, 0.6) is 0 Å². The molecule has 2 N–H and O–H groups in total. The molecule has 0 aromatic carbocycles. The van der Waals surface area contributed by atoms with Crippen molar-refractivity contribution >= 4 is 40.0 Å². The van der Waals surface area contributed by atoms with Crippen molar-refractivity contribution < 1.29 is 13.2 Å². The molecule has 1 aliphatic heterocycles. The van der Waals surface area contributed by atoms with Crippen LogP contribution in [0.3, 0.4) is 0 Å². The van der Waals surface area contributed by atoms with Gasteiger partial charge in [-0.2, -0.15) is 0 Å². The Morgan fingerprint density at radius 1 is 1.19 bits per heavy atom. The van der Waals surface area contributed by atoms with Gasteiger partial charge in [-0.25, -0.2) is 12.7 Å². The first-order chi connectivity index (χ1) is 12.1. The summed E-state index contributed by atoms with van der Waals surface area (Å²) in [6.45, 7) is 12.2. The summed E-state index contributed by atoms with van der Waals surface area (Å²) in [7, 11) is -1.31. The lowest BCUT2D eigenvalue weighted by molar-refractivity contribution is -0.176. The number of rotatable bonds is 6. The Bertz CT molecular complexity index is 618. The number of nitrogens with one attached hydrogen (secondary N) is 2. The SMILES string of the molecule is CCN=C(NC1CCN(S(=O)(=O)CC)CC1)NC1CC(C)(OC)C1(C)C.I. The highest BCUT2D eigenvalue weighted by atomic mass is 127. The predicted octanol–water partition coefficient (Wildman–Crippen LogP) is 2.18. The molecule has 1 aliphatic carbocycles. The largest absolute Gasteiger partial charge is 0.378 e. The summed E-state index contributed by atoms with van der Waals surface area (Å²) in [6.07, 6.45) is 2.54. The summed E-state index contributed by atoms with van der Waals surface area (Å²) in [6, 6.07) is 0.541. The van der Waals surface area contributed by atoms with Crippen LogP contribution in [0.4, 0.5) is 0 Å². The monoisotopic (exact) mass is 516 g/mol. The smallest absolute Gasteiger partial charge is 0.213 e. The van der Waals surface area contributed by atoms with E-state index in [4.69, 9.17) is 4.74 Å². The minimum absolute atomic E-state index is 0. The van der Waals surface area contributed by atoms with E-state index in [0.717, 1.165) is 25.2 Å². The Morgan fingerprint density at radius 3 is 2.22 bits per heavy atom. The van der Waals surface area contributed by atoms with Crippen molar-refractivity contribution in [3.8, 4) is 0 Å². The number of sulfonamides is 1. The van der Waals surface area contributed by atoms with Crippen LogP contribution in [0.15, 0.2) is 4.99 Å². The zero-order valence-corrected chi connectivity index (χ0v) is 20.7. The van der Waals surface area contributed by atoms with Gasteiger partial charge in [-0.3, -0.25) is 4.99 Å². The first-order valence-corrected chi connectivity index (χ1v) is 11.3. The Kier molecular flexibility index (Phi) is 8.84. The van der Waals surface area contributed by atoms with Crippen molar-refractivity contribution in [3.05, 3.63) is 0 Å². The number of hydrogen-bond acceptors (Lipinski definition) is 4. The van der Waals surface area contributed by atoms with E-state index in [1.165, 1.54) is 0 Å². The standard InChI is InChI=1S/C18H36N4O3S.HI/c1-7-19-16(21-15-13-18(5,25-6)17(15,3)4)20-14-9-11-22(12-10-14)26(23,24)8-2;/h14-15H,7-13H2,1-6H3,(H2,19,20,21);1H. The predicted molar refractivity (Wildman–Crippen MR) is 121 cm³/mol. The van der Waals surface area contributed by atoms with E-state index in [9.17, 15) is 8.42 Å². The lowest BCUT2D eigenvalue weighted by Gasteiger charge is -2.59. The van der Waals surface area contributed by atoms with E-state index in [1.54, 1.807) is 18.3 Å². The maximum Gasteiger partial charge on any atom is 0.213 e. The molecule has 2 fully saturated rings. The molecule has 0 spiro atoms. The van der Waals surface area contributed by atoms with Crippen molar-refractivity contribution in [1.29, 1.82) is 0 Å². The fourth-order valence-corrected chi connectivity index (χ4v) is 4.97. The van der Waals surface area contributed by atoms with E-state index >= 15 is 0 Å². The number of hydrogen-bond donors (Lipinski definition) is 2. The first-order valence-electron chi connectivity index (χ1n) is 9.70. The van der Waals surface area contributed by atoms with Crippen LogP contribution in [0, 0.1) is 5.41 Å². The van der Waals surface area contributed by atoms with Crippen molar-refractivity contribution in [2.45, 2.75) is 71.6 Å². The van der Waals surface area contributed by atoms with Crippen LogP contribution in [0.2, 0.25) is 0 Å². The van der Waals surface area contributed by atoms with Gasteiger partial charge in [0, 0.05) is 44.2 Å². The number of aliphatic imine (C=N–C) groups is 1. The number of halogens is 1. The average Bonchev–Trinajstić information content (AvgIpc) is 2.61. The van der Waals surface area contributed by atoms with Crippen molar-refractivity contribution in [3.63, 3.8) is 0 Å². The van der Waals surface area contributed by atoms with Crippen LogP contribution in [0.25, 0.3) is 0 Å². The van der Waals surface area contributed by atoms with E-state index in [-0.39, 0.29) is 46.8 Å². The van der Waals surface area contributed by atoms with Crippen LogP contribution >= 0.6 is 24.0 Å². The zero-order valence-electron chi connectivity index (χ0n) is 17.5. The Labute approximate surface area is 182 Å². The molecule has 0 aromatic heterocycles. The summed E-state index contributed by atoms with van der Waals surface area (Å²) in [5, 5.41) is 7.07. The average molecular weight is 516 g/mol. The molecule has 0 aromatic rings. The zero-order chi connectivity index (χ0) is 19.6. The van der Waals surface area contributed by atoms with Crippen LogP contribution in [0.1, 0.15) is 53.9 Å². The molecule has 2 rings (SSSR count). The minimum Gasteiger partial charge on any atom is -0.378 e. The van der Waals surface area contributed by atoms with Gasteiger partial charge in [-0.1, -0.05) is 13.8 Å². The molecule has 7 nitrogen and oxygen atoms in total. The fraction of sp³-hybridized carbons (Fsp3) is 0.944. The van der Waals surface area contributed by atoms with Gasteiger partial charge in [0.2, 0.25) is 10.0 Å². The third-order valence-corrected chi connectivity index (χ3v) is 8.34. The lowest BCUT2D eigenvalue weighted by Crippen LogP contribution is -2.70. The summed E-state index contributed by atoms with van der Waals surface area (Å²) >= 11 is 0. The summed E-state index contributed by atoms with van der Waals surface area (Å²) in [5.41, 5.74) is -0.113. The number of guanidine groups is 1. The molecule has 0 amide bonds. The van der Waals surface area contributed by atoms with Crippen molar-refractivity contribution in [1.82, 2.24) is 14.9 Å². The lowest BCUT2D eigenvalue weighted by atomic mass is 9.56. The molecule has 1 saturated carbocycles. The molecule has 160 valence electrons. The number of methoxy groups -OCH3 is 1. The first kappa shape index (κ1) is 24.9. The Hall–Kier alpha value is -0.130. The summed E-state index contributed by atoms with van der Waals surface area (Å²) < 4.78 is 31.3. The third kappa shape index (κ3) is 5.27. The molecule has 27 heavy (non-hydrogen) atoms. The second kappa shape index (κ2) is 9.58. The van der Waals surface area contributed by atoms with Crippen LogP contribution < -0.4 is 10.6 Å². The normalized spacial score (nSPS) is 29.6. The van der Waals surface area contributed by atoms with Crippen molar-refractivity contribution in [2.24, 2.45) is 10.4 Å². The quantitative estimate of drug-likeness (QED) is 0.321. The van der Waals surface area contributed by atoms with Gasteiger partial charge in [0.05, 0.1) is 11.4 Å². The number of nitrogens with zero attached hydrogens (tertiary/aromatic N) is 2. The maximum absolute atomic E-state index is 12.0. The van der Waals surface area contributed by atoms with Crippen molar-refractivity contribution in [2.75, 3.05) is 32.5 Å². The van der Waals surface area contributed by atoms with Gasteiger partial charge < -0.3 is 15.4 Å². The maximum atomic E-state index is 12.0. The van der Waals surface area contributed by atoms with Gasteiger partial charge >= 0.3 is 0 Å². The van der Waals surface area contributed by atoms with E-state index < -0.39 is 10.0 Å². The summed E-state index contributed by atoms with van der Waals surface area (Å²) in [5.74, 6) is 0.991. The molecule has 1 heterocycles. The van der Waals surface area contributed by atoms with Gasteiger partial charge in [-0.05, 0) is 40.0 Å². The molecular formula is C18H37IN4O3S. The van der Waals surface area contributed by atoms with Gasteiger partial charge in [0.25, 0.3) is 0 Å². The highest BCUT2D eigenvalue weighted by Crippen LogP contribution is 2.51. The fourth-order valence-electron chi connectivity index (χ4n) is 3.83. The summed E-state index contributed by atoms with van der Waals surface area (Å²) in [4.78, 5) is 4.58. The molecule has 9 heteroatoms. The molecule has 0 bridgehead atoms. The topological polar surface area (TPSA) is 83.0 Å². The Balaban J connectivity index is 0.00000364. The number of ether oxygens (including phenoxy) is 1. The Morgan fingerprint density at radius 2 is 1.78 bits per heavy atom. The highest BCUT2D eigenvalue weighted by molar-refractivity contribution is 14.0. The third-order valence-electron chi connectivity index (χ3n) is 6.46. The van der Waals surface area contributed by atoms with E-state index in [2.05, 4.69) is 36.4 Å². The van der Waals surface area contributed by atoms with E-state index in [1.807, 2.05) is 6.92 Å². The van der Waals surface area contributed by atoms with Gasteiger partial charge in [0.15, 0.2) is 5.96 Å². The molecule has 2 aliphatic rings. The molecule has 0 radical (unpaired) electrons. The number of piperidine rings is 1. The highest BCUT2D eigenvalue weighted by Gasteiger charge is 2.58. The molecule has 2 unspecified atom stereocenters. The molecule has 2 atom stereocenters. The molecular weight excluding hydrogens is 479 g/mol. The van der Waals surface area contributed by atoms with E-state index in [0.29, 0.717) is 25.7 Å². The van der Waals surface area contributed by atoms with Crippen LogP contribution in [-0.4, -0.2) is 68.9 Å².